The number of likely N-dealkylation sites (N-methyl/N-ethyl adjacent to an activating group) is 1. The van der Waals surface area contributed by atoms with Crippen molar-refractivity contribution in [3.63, 3.8) is 0 Å². The van der Waals surface area contributed by atoms with Crippen molar-refractivity contribution in [2.45, 2.75) is 32.1 Å². The van der Waals surface area contributed by atoms with E-state index in [0.29, 0.717) is 30.4 Å². The number of allylic oxidation sites excluding steroid dienone is 1. The maximum Gasteiger partial charge on any atom is 0.416 e. The molecule has 0 aliphatic carbocycles. The van der Waals surface area contributed by atoms with E-state index in [-0.39, 0.29) is 23.4 Å². The molecular formula is C30H33F3N6O. The van der Waals surface area contributed by atoms with Gasteiger partial charge in [-0.15, -0.1) is 0 Å². The summed E-state index contributed by atoms with van der Waals surface area (Å²) in [6, 6.07) is 9.29. The van der Waals surface area contributed by atoms with Crippen LogP contribution in [-0.2, 0) is 12.7 Å². The number of nitrogens with zero attached hydrogens (tertiary/aromatic N) is 4. The third-order valence-electron chi connectivity index (χ3n) is 7.05. The van der Waals surface area contributed by atoms with Gasteiger partial charge < -0.3 is 20.9 Å². The number of rotatable bonds is 6. The van der Waals surface area contributed by atoms with E-state index in [1.54, 1.807) is 36.8 Å². The van der Waals surface area contributed by atoms with Crippen LogP contribution in [0.4, 0.5) is 18.9 Å². The number of carbonyl (C=O) groups excluding carboxylic acids is 1. The summed E-state index contributed by atoms with van der Waals surface area (Å²) >= 11 is 0. The Hall–Kier alpha value is -4.07. The number of aryl methyl sites for hydroxylation is 1. The first-order chi connectivity index (χ1) is 19.0. The molecule has 0 unspecified atom stereocenters. The van der Waals surface area contributed by atoms with Crippen LogP contribution in [0, 0.1) is 18.8 Å². The monoisotopic (exact) mass is 550 g/mol. The van der Waals surface area contributed by atoms with Crippen molar-refractivity contribution in [2.75, 3.05) is 39.0 Å². The molecule has 2 aliphatic heterocycles. The van der Waals surface area contributed by atoms with Crippen LogP contribution in [0.3, 0.4) is 0 Å². The Balaban J connectivity index is 1.51. The number of amides is 1. The average Bonchev–Trinajstić information content (AvgIpc) is 3.40. The van der Waals surface area contributed by atoms with Gasteiger partial charge in [0.25, 0.3) is 5.91 Å². The number of carbonyl (C=O) groups is 1. The number of alkyl halides is 3. The summed E-state index contributed by atoms with van der Waals surface area (Å²) in [5, 5.41) is 2.62. The molecule has 2 aliphatic rings. The SMILES string of the molecule is Cc1ccc(C(=O)Nc2ccc(CN3CC[C@@H](N(C)C)C3)c(C(F)(F)F)c2)cc1C#C/C(=C/N)N1C=CN=CC1. The number of halogens is 3. The highest BCUT2D eigenvalue weighted by molar-refractivity contribution is 6.04. The van der Waals surface area contributed by atoms with Gasteiger partial charge in [-0.3, -0.25) is 14.7 Å². The van der Waals surface area contributed by atoms with Crippen molar-refractivity contribution in [2.24, 2.45) is 10.7 Å². The number of nitrogens with one attached hydrogen (secondary N) is 1. The number of anilines is 1. The summed E-state index contributed by atoms with van der Waals surface area (Å²) in [7, 11) is 3.96. The third-order valence-corrected chi connectivity index (χ3v) is 7.05. The minimum atomic E-state index is -4.55. The summed E-state index contributed by atoms with van der Waals surface area (Å²) in [4.78, 5) is 23.0. The molecule has 0 radical (unpaired) electrons. The predicted octanol–water partition coefficient (Wildman–Crippen LogP) is 4.41. The normalized spacial score (nSPS) is 17.7. The van der Waals surface area contributed by atoms with E-state index in [9.17, 15) is 18.0 Å². The molecule has 2 aromatic carbocycles. The molecule has 0 spiro atoms. The Kier molecular flexibility index (Phi) is 8.97. The number of hydrogen-bond acceptors (Lipinski definition) is 6. The molecule has 1 fully saturated rings. The zero-order chi connectivity index (χ0) is 28.9. The maximum atomic E-state index is 14.0. The molecule has 1 saturated heterocycles. The molecule has 0 aromatic heterocycles. The zero-order valence-electron chi connectivity index (χ0n) is 22.8. The van der Waals surface area contributed by atoms with Crippen LogP contribution >= 0.6 is 0 Å². The van der Waals surface area contributed by atoms with Crippen LogP contribution in [0.25, 0.3) is 0 Å². The van der Waals surface area contributed by atoms with Crippen LogP contribution in [0.2, 0.25) is 0 Å². The molecule has 0 saturated carbocycles. The third kappa shape index (κ3) is 7.11. The largest absolute Gasteiger partial charge is 0.416 e. The molecule has 40 heavy (non-hydrogen) atoms. The van der Waals surface area contributed by atoms with Crippen molar-refractivity contribution >= 4 is 17.8 Å². The fourth-order valence-corrected chi connectivity index (χ4v) is 4.67. The standard InChI is InChI=1S/C30H33F3N6O/c1-21-4-5-23(16-22(21)7-9-26(18-34)39-14-11-35-12-15-39)29(40)36-25-8-6-24(28(17-25)30(31,32)33)19-38-13-10-27(20-38)37(2)3/h4-6,8,11-12,14,16-18,27H,10,13,15,19-20,34H2,1-3H3,(H,36,40)/b26-18-/t27-/m1/s1. The first-order valence-corrected chi connectivity index (χ1v) is 12.9. The number of aliphatic imine (C=N–C) groups is 1. The van der Waals surface area contributed by atoms with Gasteiger partial charge in [-0.25, -0.2) is 0 Å². The van der Waals surface area contributed by atoms with Crippen molar-refractivity contribution in [1.82, 2.24) is 14.7 Å². The Morgan fingerprint density at radius 1 is 1.25 bits per heavy atom. The fraction of sp³-hybridized carbons (Fsp3) is 0.333. The van der Waals surface area contributed by atoms with Crippen molar-refractivity contribution in [3.8, 4) is 11.8 Å². The number of nitrogens with two attached hydrogens (primary N) is 1. The van der Waals surface area contributed by atoms with E-state index in [1.165, 1.54) is 18.3 Å². The highest BCUT2D eigenvalue weighted by atomic mass is 19.4. The van der Waals surface area contributed by atoms with E-state index in [1.807, 2.05) is 30.8 Å². The zero-order valence-corrected chi connectivity index (χ0v) is 22.8. The van der Waals surface area contributed by atoms with Gasteiger partial charge in [-0.1, -0.05) is 18.1 Å². The number of benzene rings is 2. The smallest absolute Gasteiger partial charge is 0.402 e. The van der Waals surface area contributed by atoms with Gasteiger partial charge in [0, 0.05) is 67.3 Å². The lowest BCUT2D eigenvalue weighted by Gasteiger charge is -2.22. The van der Waals surface area contributed by atoms with Crippen LogP contribution in [0.5, 0.6) is 0 Å². The molecule has 1 atom stereocenters. The molecule has 3 N–H and O–H groups in total. The molecule has 2 aromatic rings. The molecular weight excluding hydrogens is 517 g/mol. The fourth-order valence-electron chi connectivity index (χ4n) is 4.67. The lowest BCUT2D eigenvalue weighted by molar-refractivity contribution is -0.138. The van der Waals surface area contributed by atoms with E-state index in [4.69, 9.17) is 5.73 Å². The predicted molar refractivity (Wildman–Crippen MR) is 151 cm³/mol. The van der Waals surface area contributed by atoms with Gasteiger partial charge in [0.05, 0.1) is 12.1 Å². The van der Waals surface area contributed by atoms with E-state index in [2.05, 4.69) is 27.0 Å². The Labute approximate surface area is 232 Å². The highest BCUT2D eigenvalue weighted by Crippen LogP contribution is 2.35. The minimum Gasteiger partial charge on any atom is -0.402 e. The topological polar surface area (TPSA) is 77.2 Å². The number of likely N-dealkylation sites (tertiary alicyclic amines) is 1. The summed E-state index contributed by atoms with van der Waals surface area (Å²) in [5.74, 6) is 5.54. The number of hydrogen-bond donors (Lipinski definition) is 2. The average molecular weight is 551 g/mol. The van der Waals surface area contributed by atoms with Crippen molar-refractivity contribution in [3.05, 3.63) is 88.5 Å². The maximum absolute atomic E-state index is 14.0. The van der Waals surface area contributed by atoms with Gasteiger partial charge in [-0.2, -0.15) is 13.2 Å². The first-order valence-electron chi connectivity index (χ1n) is 12.9. The van der Waals surface area contributed by atoms with Crippen LogP contribution in [-0.4, -0.2) is 66.6 Å². The van der Waals surface area contributed by atoms with Crippen LogP contribution < -0.4 is 11.1 Å². The Morgan fingerprint density at radius 2 is 2.05 bits per heavy atom. The minimum absolute atomic E-state index is 0.0776. The summed E-state index contributed by atoms with van der Waals surface area (Å²) < 4.78 is 42.0. The van der Waals surface area contributed by atoms with Crippen LogP contribution in [0.15, 0.2) is 65.7 Å². The molecule has 7 nitrogen and oxygen atoms in total. The second-order valence-corrected chi connectivity index (χ2v) is 10.1. The van der Waals surface area contributed by atoms with Crippen molar-refractivity contribution < 1.29 is 18.0 Å². The molecule has 0 bridgehead atoms. The summed E-state index contributed by atoms with van der Waals surface area (Å²) in [6.45, 7) is 4.05. The first kappa shape index (κ1) is 28.9. The lowest BCUT2D eigenvalue weighted by Crippen LogP contribution is -2.31. The molecule has 4 rings (SSSR count). The van der Waals surface area contributed by atoms with Gasteiger partial charge in [0.1, 0.15) is 5.70 Å². The van der Waals surface area contributed by atoms with Gasteiger partial charge in [0.2, 0.25) is 0 Å². The van der Waals surface area contributed by atoms with E-state index in [0.717, 1.165) is 24.6 Å². The van der Waals surface area contributed by atoms with E-state index >= 15 is 0 Å². The summed E-state index contributed by atoms with van der Waals surface area (Å²) in [5.41, 5.74) is 7.58. The highest BCUT2D eigenvalue weighted by Gasteiger charge is 2.35. The van der Waals surface area contributed by atoms with Crippen LogP contribution in [0.1, 0.15) is 39.0 Å². The van der Waals surface area contributed by atoms with E-state index < -0.39 is 17.6 Å². The Morgan fingerprint density at radius 3 is 2.70 bits per heavy atom. The molecule has 10 heteroatoms. The molecule has 210 valence electrons. The van der Waals surface area contributed by atoms with Gasteiger partial charge in [0.15, 0.2) is 0 Å². The Bertz CT molecular complexity index is 1400. The molecule has 1 amide bonds. The molecule has 2 heterocycles. The summed E-state index contributed by atoms with van der Waals surface area (Å²) in [6.07, 6.45) is 2.89. The lowest BCUT2D eigenvalue weighted by atomic mass is 10.0. The van der Waals surface area contributed by atoms with Crippen molar-refractivity contribution in [1.29, 1.82) is 0 Å². The second-order valence-electron chi connectivity index (χ2n) is 10.1. The quantitative estimate of drug-likeness (QED) is 0.521. The van der Waals surface area contributed by atoms with Gasteiger partial charge >= 0.3 is 6.18 Å². The van der Waals surface area contributed by atoms with Gasteiger partial charge in [-0.05, 0) is 68.8 Å². The second kappa shape index (κ2) is 12.4.